The molecule has 2 aliphatic rings. The fraction of sp³-hybridized carbons (Fsp3) is 0.500. The van der Waals surface area contributed by atoms with Gasteiger partial charge in [0.15, 0.2) is 0 Å². The molecule has 3 aromatic rings. The number of nitrogens with one attached hydrogen (secondary N) is 1. The van der Waals surface area contributed by atoms with E-state index in [1.54, 1.807) is 4.57 Å². The first kappa shape index (κ1) is 28.2. The zero-order valence-electron chi connectivity index (χ0n) is 24.5. The Morgan fingerprint density at radius 3 is 2.55 bits per heavy atom. The van der Waals surface area contributed by atoms with Gasteiger partial charge in [-0.25, -0.2) is 9.36 Å². The minimum absolute atomic E-state index is 0.157. The molecule has 5 rings (SSSR count). The van der Waals surface area contributed by atoms with Gasteiger partial charge in [0, 0.05) is 36.1 Å². The number of carbonyl (C=O) groups is 2. The predicted octanol–water partition coefficient (Wildman–Crippen LogP) is 5.65. The molecule has 0 atom stereocenters. The lowest BCUT2D eigenvalue weighted by molar-refractivity contribution is 0.0547. The van der Waals surface area contributed by atoms with Crippen LogP contribution in [0.2, 0.25) is 0 Å². The van der Waals surface area contributed by atoms with Crippen LogP contribution in [0.15, 0.2) is 36.4 Å². The van der Waals surface area contributed by atoms with Crippen molar-refractivity contribution in [3.05, 3.63) is 53.1 Å². The molecule has 3 heterocycles. The second-order valence-corrected chi connectivity index (χ2v) is 12.2. The number of benzene rings is 2. The molecule has 0 spiro atoms. The highest BCUT2D eigenvalue weighted by Gasteiger charge is 2.30. The maximum atomic E-state index is 13.6. The third-order valence-electron chi connectivity index (χ3n) is 7.50. The molecule has 0 unspecified atom stereocenters. The number of hydrogen-bond acceptors (Lipinski definition) is 6. The summed E-state index contributed by atoms with van der Waals surface area (Å²) in [6.45, 7) is 10.6. The van der Waals surface area contributed by atoms with Crippen molar-refractivity contribution in [2.24, 2.45) is 0 Å². The minimum atomic E-state index is -0.664. The number of nitrogens with zero attached hydrogens (tertiary/aromatic N) is 3. The molecule has 1 N–H and O–H groups in total. The van der Waals surface area contributed by atoms with E-state index >= 15 is 0 Å². The second kappa shape index (κ2) is 11.6. The molecule has 2 aliphatic heterocycles. The van der Waals surface area contributed by atoms with Crippen LogP contribution < -0.4 is 10.1 Å². The zero-order valence-corrected chi connectivity index (χ0v) is 24.5. The summed E-state index contributed by atoms with van der Waals surface area (Å²) in [6.07, 6.45) is 4.21. The average molecular weight is 547 g/mol. The first-order chi connectivity index (χ1) is 19.1. The Kier molecular flexibility index (Phi) is 8.19. The van der Waals surface area contributed by atoms with Crippen molar-refractivity contribution in [3.8, 4) is 17.0 Å². The van der Waals surface area contributed by atoms with E-state index in [1.165, 1.54) is 24.8 Å². The van der Waals surface area contributed by atoms with Crippen molar-refractivity contribution in [1.82, 2.24) is 19.7 Å². The smallest absolute Gasteiger partial charge is 0.419 e. The van der Waals surface area contributed by atoms with Crippen LogP contribution in [0, 0.1) is 0 Å². The van der Waals surface area contributed by atoms with Crippen molar-refractivity contribution in [1.29, 1.82) is 0 Å². The van der Waals surface area contributed by atoms with Crippen molar-refractivity contribution in [2.45, 2.75) is 65.1 Å². The van der Waals surface area contributed by atoms with E-state index < -0.39 is 11.7 Å². The SMILES string of the molecule is CN(C)CCCOc1ccc(-c2cc3cc(CN4CCCCC4)ccc3n2C(=O)OC(C)(C)C)c2c1CNC2=O. The first-order valence-corrected chi connectivity index (χ1v) is 14.4. The Hall–Kier alpha value is -3.36. The van der Waals surface area contributed by atoms with E-state index in [0.29, 0.717) is 35.7 Å². The maximum Gasteiger partial charge on any atom is 0.419 e. The Balaban J connectivity index is 1.56. The molecule has 8 heteroatoms. The van der Waals surface area contributed by atoms with Crippen LogP contribution in [-0.2, 0) is 17.8 Å². The molecule has 40 heavy (non-hydrogen) atoms. The number of fused-ring (bicyclic) bond motifs is 2. The number of ether oxygens (including phenoxy) is 2. The van der Waals surface area contributed by atoms with Gasteiger partial charge >= 0.3 is 6.09 Å². The summed E-state index contributed by atoms with van der Waals surface area (Å²) in [5.74, 6) is 0.551. The number of amides is 1. The minimum Gasteiger partial charge on any atom is -0.493 e. The Labute approximate surface area is 237 Å². The van der Waals surface area contributed by atoms with Crippen LogP contribution >= 0.6 is 0 Å². The summed E-state index contributed by atoms with van der Waals surface area (Å²) in [6, 6.07) is 12.1. The monoisotopic (exact) mass is 546 g/mol. The largest absolute Gasteiger partial charge is 0.493 e. The van der Waals surface area contributed by atoms with Crippen LogP contribution in [0.3, 0.4) is 0 Å². The van der Waals surface area contributed by atoms with E-state index in [4.69, 9.17) is 9.47 Å². The van der Waals surface area contributed by atoms with E-state index in [1.807, 2.05) is 59.1 Å². The van der Waals surface area contributed by atoms with E-state index in [0.717, 1.165) is 49.1 Å². The third kappa shape index (κ3) is 6.18. The van der Waals surface area contributed by atoms with Crippen molar-refractivity contribution >= 4 is 22.9 Å². The fourth-order valence-electron chi connectivity index (χ4n) is 5.67. The Bertz CT molecular complexity index is 1400. The lowest BCUT2D eigenvalue weighted by Gasteiger charge is -2.26. The van der Waals surface area contributed by atoms with Crippen molar-refractivity contribution in [3.63, 3.8) is 0 Å². The van der Waals surface area contributed by atoms with Gasteiger partial charge in [0.2, 0.25) is 0 Å². The molecule has 8 nitrogen and oxygen atoms in total. The van der Waals surface area contributed by atoms with Gasteiger partial charge in [0.05, 0.1) is 23.4 Å². The molecule has 0 radical (unpaired) electrons. The molecule has 0 aliphatic carbocycles. The van der Waals surface area contributed by atoms with E-state index in [9.17, 15) is 9.59 Å². The van der Waals surface area contributed by atoms with Crippen LogP contribution in [0.5, 0.6) is 5.75 Å². The van der Waals surface area contributed by atoms with E-state index in [-0.39, 0.29) is 5.91 Å². The molecule has 1 fully saturated rings. The standard InChI is InChI=1S/C32H42N4O4/c1-32(2,3)40-31(38)36-26-12-10-22(21-35-15-7-6-8-16-35)18-23(26)19-27(36)24-11-13-28(39-17-9-14-34(4)5)25-20-33-30(37)29(24)25/h10-13,18-19H,6-9,14-17,20-21H2,1-5H3,(H,33,37). The highest BCUT2D eigenvalue weighted by atomic mass is 16.6. The summed E-state index contributed by atoms with van der Waals surface area (Å²) >= 11 is 0. The summed E-state index contributed by atoms with van der Waals surface area (Å²) in [5.41, 5.74) is 4.06. The summed E-state index contributed by atoms with van der Waals surface area (Å²) in [5, 5.41) is 3.91. The van der Waals surface area contributed by atoms with Crippen molar-refractivity contribution in [2.75, 3.05) is 40.3 Å². The Morgan fingerprint density at radius 1 is 1.05 bits per heavy atom. The summed E-state index contributed by atoms with van der Waals surface area (Å²) in [4.78, 5) is 31.4. The molecular formula is C32H42N4O4. The Morgan fingerprint density at radius 2 is 1.82 bits per heavy atom. The number of piperidine rings is 1. The van der Waals surface area contributed by atoms with Crippen molar-refractivity contribution < 1.29 is 19.1 Å². The van der Waals surface area contributed by atoms with Gasteiger partial charge in [-0.15, -0.1) is 0 Å². The summed E-state index contributed by atoms with van der Waals surface area (Å²) < 4.78 is 13.6. The van der Waals surface area contributed by atoms with Gasteiger partial charge in [-0.3, -0.25) is 9.69 Å². The molecule has 2 aromatic carbocycles. The topological polar surface area (TPSA) is 76.0 Å². The highest BCUT2D eigenvalue weighted by Crippen LogP contribution is 2.38. The zero-order chi connectivity index (χ0) is 28.4. The number of rotatable bonds is 8. The number of hydrogen-bond donors (Lipinski definition) is 1. The first-order valence-electron chi connectivity index (χ1n) is 14.4. The molecule has 1 aromatic heterocycles. The van der Waals surface area contributed by atoms with Gasteiger partial charge in [0.25, 0.3) is 5.91 Å². The van der Waals surface area contributed by atoms with Gasteiger partial charge < -0.3 is 19.7 Å². The van der Waals surface area contributed by atoms with Crippen LogP contribution in [0.1, 0.15) is 67.9 Å². The fourth-order valence-corrected chi connectivity index (χ4v) is 5.67. The molecule has 0 saturated carbocycles. The molecular weight excluding hydrogens is 504 g/mol. The second-order valence-electron chi connectivity index (χ2n) is 12.2. The lowest BCUT2D eigenvalue weighted by atomic mass is 9.99. The van der Waals surface area contributed by atoms with Gasteiger partial charge in [0.1, 0.15) is 11.4 Å². The third-order valence-corrected chi connectivity index (χ3v) is 7.50. The van der Waals surface area contributed by atoms with E-state index in [2.05, 4.69) is 27.2 Å². The quantitative estimate of drug-likeness (QED) is 0.368. The van der Waals surface area contributed by atoms with Gasteiger partial charge in [-0.2, -0.15) is 0 Å². The molecule has 1 saturated heterocycles. The number of likely N-dealkylation sites (tertiary alicyclic amines) is 1. The number of carbonyl (C=O) groups excluding carboxylic acids is 2. The normalized spacial score (nSPS) is 15.9. The molecule has 0 bridgehead atoms. The van der Waals surface area contributed by atoms with Crippen LogP contribution in [0.25, 0.3) is 22.2 Å². The predicted molar refractivity (Wildman–Crippen MR) is 158 cm³/mol. The summed E-state index contributed by atoms with van der Waals surface area (Å²) in [7, 11) is 4.07. The van der Waals surface area contributed by atoms with Crippen LogP contribution in [-0.4, -0.2) is 72.3 Å². The van der Waals surface area contributed by atoms with Gasteiger partial charge in [-0.1, -0.05) is 12.5 Å². The average Bonchev–Trinajstić information content (AvgIpc) is 3.47. The maximum absolute atomic E-state index is 13.6. The molecule has 1 amide bonds. The van der Waals surface area contributed by atoms with Gasteiger partial charge in [-0.05, 0) is 103 Å². The lowest BCUT2D eigenvalue weighted by Crippen LogP contribution is -2.29. The number of aromatic nitrogens is 1. The van der Waals surface area contributed by atoms with Crippen LogP contribution in [0.4, 0.5) is 4.79 Å². The molecule has 214 valence electrons. The highest BCUT2D eigenvalue weighted by molar-refractivity contribution is 6.07.